The number of nitrogens with zero attached hydrogens (tertiary/aromatic N) is 2. The summed E-state index contributed by atoms with van der Waals surface area (Å²) in [5, 5.41) is 1.29. The Balaban J connectivity index is 1.81. The first kappa shape index (κ1) is 12.6. The summed E-state index contributed by atoms with van der Waals surface area (Å²) in [5.74, 6) is 0.140. The summed E-state index contributed by atoms with van der Waals surface area (Å²) in [7, 11) is 0. The molecular weight excluding hydrogens is 280 g/mol. The molecule has 1 aromatic carbocycles. The van der Waals surface area contributed by atoms with Crippen LogP contribution in [0.3, 0.4) is 0 Å². The van der Waals surface area contributed by atoms with Crippen molar-refractivity contribution in [3.63, 3.8) is 0 Å². The van der Waals surface area contributed by atoms with Gasteiger partial charge in [0.25, 0.3) is 0 Å². The van der Waals surface area contributed by atoms with Gasteiger partial charge < -0.3 is 0 Å². The van der Waals surface area contributed by atoms with E-state index in [9.17, 15) is 4.79 Å². The molecule has 5 heteroatoms. The molecule has 0 amide bonds. The highest BCUT2D eigenvalue weighted by molar-refractivity contribution is 8.01. The van der Waals surface area contributed by atoms with Gasteiger partial charge in [0.15, 0.2) is 10.9 Å². The minimum absolute atomic E-state index is 0.140. The van der Waals surface area contributed by atoms with E-state index in [4.69, 9.17) is 11.6 Å². The van der Waals surface area contributed by atoms with Crippen molar-refractivity contribution < 1.29 is 4.79 Å². The molecule has 1 heterocycles. The van der Waals surface area contributed by atoms with Gasteiger partial charge in [-0.3, -0.25) is 4.79 Å². The second kappa shape index (κ2) is 4.94. The maximum absolute atomic E-state index is 12.5. The van der Waals surface area contributed by atoms with Gasteiger partial charge in [0, 0.05) is 23.0 Å². The molecule has 0 atom stereocenters. The number of Topliss-reactive ketones (excluding diaryl/α,β-unsaturated/α-hetero) is 1. The third-order valence-electron chi connectivity index (χ3n) is 3.05. The van der Waals surface area contributed by atoms with Gasteiger partial charge in [-0.15, -0.1) is 0 Å². The molecule has 1 saturated carbocycles. The number of carbonyl (C=O) groups is 1. The Hall–Kier alpha value is -1.39. The van der Waals surface area contributed by atoms with E-state index in [1.807, 2.05) is 0 Å². The summed E-state index contributed by atoms with van der Waals surface area (Å²) in [6, 6.07) is 8.81. The van der Waals surface area contributed by atoms with Crippen molar-refractivity contribution in [2.45, 2.75) is 22.7 Å². The molecule has 96 valence electrons. The normalized spacial score (nSPS) is 16.1. The van der Waals surface area contributed by atoms with Gasteiger partial charge in [0.1, 0.15) is 0 Å². The number of benzene rings is 1. The Morgan fingerprint density at radius 1 is 1.16 bits per heavy atom. The van der Waals surface area contributed by atoms with E-state index >= 15 is 0 Å². The summed E-state index contributed by atoms with van der Waals surface area (Å²) in [6.07, 6.45) is 5.13. The Morgan fingerprint density at radius 2 is 1.79 bits per heavy atom. The maximum Gasteiger partial charge on any atom is 0.188 e. The number of carbonyl (C=O) groups excluding carboxylic acids is 1. The van der Waals surface area contributed by atoms with E-state index in [0.717, 1.165) is 12.8 Å². The minimum atomic E-state index is -0.380. The summed E-state index contributed by atoms with van der Waals surface area (Å²) in [4.78, 5) is 20.9. The van der Waals surface area contributed by atoms with Gasteiger partial charge in [0.2, 0.25) is 0 Å². The minimum Gasteiger partial charge on any atom is -0.293 e. The Bertz CT molecular complexity index is 597. The first-order valence-corrected chi connectivity index (χ1v) is 7.15. The maximum atomic E-state index is 12.5. The number of halogens is 1. The first-order chi connectivity index (χ1) is 9.20. The Morgan fingerprint density at radius 3 is 2.37 bits per heavy atom. The number of thioether (sulfide) groups is 1. The van der Waals surface area contributed by atoms with E-state index in [1.165, 1.54) is 11.8 Å². The zero-order chi connectivity index (χ0) is 13.3. The SMILES string of the molecule is O=C(c1ccc(Cl)cc1)C1(Sc2ncccn2)CC1. The fourth-order valence-electron chi connectivity index (χ4n) is 1.87. The summed E-state index contributed by atoms with van der Waals surface area (Å²) in [6.45, 7) is 0. The number of ketones is 1. The van der Waals surface area contributed by atoms with Crippen LogP contribution in [0.15, 0.2) is 47.9 Å². The van der Waals surface area contributed by atoms with Crippen LogP contribution >= 0.6 is 23.4 Å². The third kappa shape index (κ3) is 2.65. The first-order valence-electron chi connectivity index (χ1n) is 5.96. The molecule has 0 unspecified atom stereocenters. The highest BCUT2D eigenvalue weighted by Gasteiger charge is 2.51. The van der Waals surface area contributed by atoms with Crippen molar-refractivity contribution in [3.05, 3.63) is 53.3 Å². The lowest BCUT2D eigenvalue weighted by molar-refractivity contribution is 0.0981. The number of hydrogen-bond acceptors (Lipinski definition) is 4. The van der Waals surface area contributed by atoms with Crippen LogP contribution in [-0.4, -0.2) is 20.5 Å². The van der Waals surface area contributed by atoms with Crippen molar-refractivity contribution >= 4 is 29.1 Å². The molecule has 0 spiro atoms. The second-order valence-corrected chi connectivity index (χ2v) is 6.25. The van der Waals surface area contributed by atoms with Crippen molar-refractivity contribution in [3.8, 4) is 0 Å². The Kier molecular flexibility index (Phi) is 3.29. The van der Waals surface area contributed by atoms with Crippen LogP contribution in [0.5, 0.6) is 0 Å². The van der Waals surface area contributed by atoms with E-state index in [2.05, 4.69) is 9.97 Å². The van der Waals surface area contributed by atoms with Crippen LogP contribution in [0, 0.1) is 0 Å². The number of aromatic nitrogens is 2. The number of rotatable bonds is 4. The molecule has 1 aromatic heterocycles. The Labute approximate surface area is 120 Å². The zero-order valence-corrected chi connectivity index (χ0v) is 11.6. The number of hydrogen-bond donors (Lipinski definition) is 0. The van der Waals surface area contributed by atoms with Gasteiger partial charge >= 0.3 is 0 Å². The van der Waals surface area contributed by atoms with E-state index in [-0.39, 0.29) is 10.5 Å². The molecule has 0 saturated heterocycles. The lowest BCUT2D eigenvalue weighted by Crippen LogP contribution is -2.19. The zero-order valence-electron chi connectivity index (χ0n) is 10.0. The third-order valence-corrected chi connectivity index (χ3v) is 4.68. The highest BCUT2D eigenvalue weighted by atomic mass is 35.5. The molecule has 1 aliphatic carbocycles. The summed E-state index contributed by atoms with van der Waals surface area (Å²) in [5.41, 5.74) is 0.699. The average Bonchev–Trinajstić information content (AvgIpc) is 3.21. The predicted molar refractivity (Wildman–Crippen MR) is 75.6 cm³/mol. The van der Waals surface area contributed by atoms with Crippen LogP contribution in [0.4, 0.5) is 0 Å². The van der Waals surface area contributed by atoms with Crippen molar-refractivity contribution in [2.75, 3.05) is 0 Å². The van der Waals surface area contributed by atoms with Gasteiger partial charge in [-0.2, -0.15) is 0 Å². The molecule has 1 fully saturated rings. The van der Waals surface area contributed by atoms with Crippen molar-refractivity contribution in [1.29, 1.82) is 0 Å². The van der Waals surface area contributed by atoms with E-state index < -0.39 is 0 Å². The van der Waals surface area contributed by atoms with Gasteiger partial charge in [0.05, 0.1) is 4.75 Å². The van der Waals surface area contributed by atoms with E-state index in [1.54, 1.807) is 42.7 Å². The van der Waals surface area contributed by atoms with Gasteiger partial charge in [-0.1, -0.05) is 23.4 Å². The van der Waals surface area contributed by atoms with Crippen molar-refractivity contribution in [1.82, 2.24) is 9.97 Å². The molecule has 0 N–H and O–H groups in total. The molecule has 0 radical (unpaired) electrons. The quantitative estimate of drug-likeness (QED) is 0.637. The van der Waals surface area contributed by atoms with Gasteiger partial charge in [-0.25, -0.2) is 9.97 Å². The fraction of sp³-hybridized carbons (Fsp3) is 0.214. The molecule has 0 aliphatic heterocycles. The smallest absolute Gasteiger partial charge is 0.188 e. The fourth-order valence-corrected chi connectivity index (χ4v) is 3.09. The van der Waals surface area contributed by atoms with Crippen LogP contribution in [0.1, 0.15) is 23.2 Å². The molecule has 0 bridgehead atoms. The van der Waals surface area contributed by atoms with Crippen LogP contribution in [0.2, 0.25) is 5.02 Å². The van der Waals surface area contributed by atoms with Crippen LogP contribution in [0.25, 0.3) is 0 Å². The highest BCUT2D eigenvalue weighted by Crippen LogP contribution is 2.52. The largest absolute Gasteiger partial charge is 0.293 e. The van der Waals surface area contributed by atoms with Crippen LogP contribution in [-0.2, 0) is 0 Å². The average molecular weight is 291 g/mol. The van der Waals surface area contributed by atoms with E-state index in [0.29, 0.717) is 15.7 Å². The molecule has 1 aliphatic rings. The molecular formula is C14H11ClN2OS. The molecule has 3 rings (SSSR count). The predicted octanol–water partition coefficient (Wildman–Crippen LogP) is 3.64. The molecule has 3 nitrogen and oxygen atoms in total. The lowest BCUT2D eigenvalue weighted by atomic mass is 10.1. The molecule has 19 heavy (non-hydrogen) atoms. The second-order valence-electron chi connectivity index (χ2n) is 4.46. The molecule has 2 aromatic rings. The van der Waals surface area contributed by atoms with Crippen LogP contribution < -0.4 is 0 Å². The topological polar surface area (TPSA) is 42.9 Å². The summed E-state index contributed by atoms with van der Waals surface area (Å²) >= 11 is 7.30. The standard InChI is InChI=1S/C14H11ClN2OS/c15-11-4-2-10(3-5-11)12(18)14(6-7-14)19-13-16-8-1-9-17-13/h1-5,8-9H,6-7H2. The monoisotopic (exact) mass is 290 g/mol. The van der Waals surface area contributed by atoms with Crippen molar-refractivity contribution in [2.24, 2.45) is 0 Å². The van der Waals surface area contributed by atoms with Gasteiger partial charge in [-0.05, 0) is 43.2 Å². The lowest BCUT2D eigenvalue weighted by Gasteiger charge is -2.12. The summed E-state index contributed by atoms with van der Waals surface area (Å²) < 4.78 is -0.380.